The second-order valence-electron chi connectivity index (χ2n) is 8.64. The largest absolute Gasteiger partial charge is 0.497 e. The van der Waals surface area contributed by atoms with Gasteiger partial charge in [0.15, 0.2) is 0 Å². The van der Waals surface area contributed by atoms with E-state index in [2.05, 4.69) is 5.32 Å². The molecule has 0 radical (unpaired) electrons. The van der Waals surface area contributed by atoms with E-state index < -0.39 is 28.5 Å². The highest BCUT2D eigenvalue weighted by atomic mass is 35.5. The minimum Gasteiger partial charge on any atom is -0.497 e. The van der Waals surface area contributed by atoms with Crippen LogP contribution in [0, 0.1) is 0 Å². The SMILES string of the molecule is CCCNC(=O)[C@@H](C)N(Cc1ccc(Cl)cc1)C(=O)CN(c1cccc(OC)c1)S(=O)(=O)c1ccccc1. The summed E-state index contributed by atoms with van der Waals surface area (Å²) in [5.41, 5.74) is 1.01. The van der Waals surface area contributed by atoms with Gasteiger partial charge in [0.2, 0.25) is 11.8 Å². The minimum atomic E-state index is -4.13. The van der Waals surface area contributed by atoms with Gasteiger partial charge in [-0.3, -0.25) is 13.9 Å². The predicted molar refractivity (Wildman–Crippen MR) is 149 cm³/mol. The number of anilines is 1. The van der Waals surface area contributed by atoms with Crippen molar-refractivity contribution in [2.75, 3.05) is 24.5 Å². The van der Waals surface area contributed by atoms with Crippen LogP contribution in [0.25, 0.3) is 0 Å². The smallest absolute Gasteiger partial charge is 0.264 e. The number of carbonyl (C=O) groups is 2. The Morgan fingerprint density at radius 3 is 2.32 bits per heavy atom. The van der Waals surface area contributed by atoms with E-state index in [1.165, 1.54) is 24.1 Å². The lowest BCUT2D eigenvalue weighted by Gasteiger charge is -2.32. The molecule has 3 aromatic carbocycles. The lowest BCUT2D eigenvalue weighted by atomic mass is 10.1. The van der Waals surface area contributed by atoms with Crippen LogP contribution in [0.3, 0.4) is 0 Å². The van der Waals surface area contributed by atoms with Crippen LogP contribution in [0.5, 0.6) is 5.75 Å². The monoisotopic (exact) mass is 557 g/mol. The number of hydrogen-bond donors (Lipinski definition) is 1. The number of ether oxygens (including phenoxy) is 1. The Labute approximate surface area is 229 Å². The Kier molecular flexibility index (Phi) is 10.2. The number of carbonyl (C=O) groups excluding carboxylic acids is 2. The molecule has 0 aliphatic rings. The first kappa shape index (κ1) is 29.0. The number of hydrogen-bond acceptors (Lipinski definition) is 5. The van der Waals surface area contributed by atoms with Gasteiger partial charge in [-0.15, -0.1) is 0 Å². The molecule has 10 heteroatoms. The van der Waals surface area contributed by atoms with Gasteiger partial charge in [-0.2, -0.15) is 0 Å². The average molecular weight is 558 g/mol. The maximum absolute atomic E-state index is 13.8. The highest BCUT2D eigenvalue weighted by Gasteiger charge is 2.32. The average Bonchev–Trinajstić information content (AvgIpc) is 2.94. The lowest BCUT2D eigenvalue weighted by Crippen LogP contribution is -2.51. The van der Waals surface area contributed by atoms with Gasteiger partial charge in [-0.25, -0.2) is 8.42 Å². The van der Waals surface area contributed by atoms with Gasteiger partial charge < -0.3 is 15.0 Å². The molecule has 202 valence electrons. The molecule has 0 fully saturated rings. The molecule has 3 aromatic rings. The van der Waals surface area contributed by atoms with Crippen molar-refractivity contribution in [1.29, 1.82) is 0 Å². The van der Waals surface area contributed by atoms with E-state index in [1.807, 2.05) is 6.92 Å². The Morgan fingerprint density at radius 2 is 1.68 bits per heavy atom. The van der Waals surface area contributed by atoms with Crippen LogP contribution in [0.1, 0.15) is 25.8 Å². The number of nitrogens with zero attached hydrogens (tertiary/aromatic N) is 2. The van der Waals surface area contributed by atoms with Crippen LogP contribution >= 0.6 is 11.6 Å². The summed E-state index contributed by atoms with van der Waals surface area (Å²) in [5.74, 6) is -0.428. The van der Waals surface area contributed by atoms with Crippen molar-refractivity contribution in [3.05, 3.63) is 89.4 Å². The summed E-state index contributed by atoms with van der Waals surface area (Å²) in [4.78, 5) is 28.1. The Balaban J connectivity index is 2.02. The highest BCUT2D eigenvalue weighted by molar-refractivity contribution is 7.92. The standard InChI is InChI=1S/C28H32ClN3O5S/c1-4-17-30-28(34)21(2)31(19-22-13-15-23(29)16-14-22)27(33)20-32(24-9-8-10-25(18-24)37-3)38(35,36)26-11-6-5-7-12-26/h5-16,18,21H,4,17,19-20H2,1-3H3,(H,30,34)/t21-/m1/s1. The zero-order valence-electron chi connectivity index (χ0n) is 21.6. The van der Waals surface area contributed by atoms with Gasteiger partial charge in [0.1, 0.15) is 18.3 Å². The third-order valence-electron chi connectivity index (χ3n) is 5.93. The predicted octanol–water partition coefficient (Wildman–Crippen LogP) is 4.49. The molecule has 0 bridgehead atoms. The third kappa shape index (κ3) is 7.26. The fourth-order valence-electron chi connectivity index (χ4n) is 3.78. The molecule has 8 nitrogen and oxygen atoms in total. The first-order valence-corrected chi connectivity index (χ1v) is 14.0. The van der Waals surface area contributed by atoms with Gasteiger partial charge in [0, 0.05) is 24.2 Å². The molecule has 0 aromatic heterocycles. The van der Waals surface area contributed by atoms with Gasteiger partial charge in [-0.1, -0.05) is 54.9 Å². The van der Waals surface area contributed by atoms with Crippen LogP contribution in [0.15, 0.2) is 83.8 Å². The van der Waals surface area contributed by atoms with Crippen molar-refractivity contribution in [3.8, 4) is 5.75 Å². The quantitative estimate of drug-likeness (QED) is 0.354. The molecule has 0 heterocycles. The molecule has 0 aliphatic carbocycles. The number of sulfonamides is 1. The van der Waals surface area contributed by atoms with Gasteiger partial charge in [0.05, 0.1) is 17.7 Å². The summed E-state index contributed by atoms with van der Waals surface area (Å²) in [7, 11) is -2.66. The van der Waals surface area contributed by atoms with E-state index in [-0.39, 0.29) is 23.0 Å². The third-order valence-corrected chi connectivity index (χ3v) is 7.97. The molecule has 1 atom stereocenters. The summed E-state index contributed by atoms with van der Waals surface area (Å²) in [6.07, 6.45) is 0.739. The summed E-state index contributed by atoms with van der Waals surface area (Å²) < 4.78 is 33.8. The van der Waals surface area contributed by atoms with Crippen molar-refractivity contribution in [2.24, 2.45) is 0 Å². The van der Waals surface area contributed by atoms with Crippen molar-refractivity contribution in [3.63, 3.8) is 0 Å². The maximum Gasteiger partial charge on any atom is 0.264 e. The number of benzene rings is 3. The Morgan fingerprint density at radius 1 is 1.00 bits per heavy atom. The second kappa shape index (κ2) is 13.3. The Hall–Kier alpha value is -3.56. The summed E-state index contributed by atoms with van der Waals surface area (Å²) in [6.45, 7) is 3.59. The topological polar surface area (TPSA) is 96.0 Å². The number of amides is 2. The zero-order valence-corrected chi connectivity index (χ0v) is 23.2. The molecular weight excluding hydrogens is 526 g/mol. The van der Waals surface area contributed by atoms with E-state index in [0.29, 0.717) is 17.3 Å². The molecule has 0 aliphatic heterocycles. The van der Waals surface area contributed by atoms with E-state index in [0.717, 1.165) is 16.3 Å². The van der Waals surface area contributed by atoms with Crippen LogP contribution in [-0.2, 0) is 26.2 Å². The maximum atomic E-state index is 13.8. The van der Waals surface area contributed by atoms with Crippen molar-refractivity contribution in [2.45, 2.75) is 37.8 Å². The van der Waals surface area contributed by atoms with Crippen LogP contribution in [0.4, 0.5) is 5.69 Å². The first-order chi connectivity index (χ1) is 18.2. The van der Waals surface area contributed by atoms with Crippen molar-refractivity contribution < 1.29 is 22.7 Å². The van der Waals surface area contributed by atoms with Crippen molar-refractivity contribution in [1.82, 2.24) is 10.2 Å². The molecule has 0 saturated carbocycles. The van der Waals surface area contributed by atoms with Gasteiger partial charge in [-0.05, 0) is 55.3 Å². The van der Waals surface area contributed by atoms with Crippen LogP contribution < -0.4 is 14.4 Å². The second-order valence-corrected chi connectivity index (χ2v) is 10.9. The molecule has 0 unspecified atom stereocenters. The highest BCUT2D eigenvalue weighted by Crippen LogP contribution is 2.27. The zero-order chi connectivity index (χ0) is 27.7. The van der Waals surface area contributed by atoms with E-state index >= 15 is 0 Å². The van der Waals surface area contributed by atoms with Crippen LogP contribution in [0.2, 0.25) is 5.02 Å². The van der Waals surface area contributed by atoms with Gasteiger partial charge in [0.25, 0.3) is 10.0 Å². The van der Waals surface area contributed by atoms with E-state index in [4.69, 9.17) is 16.3 Å². The summed E-state index contributed by atoms with van der Waals surface area (Å²) >= 11 is 6.02. The number of halogens is 1. The van der Waals surface area contributed by atoms with E-state index in [9.17, 15) is 18.0 Å². The number of rotatable bonds is 12. The molecule has 2 amide bonds. The fraction of sp³-hybridized carbons (Fsp3) is 0.286. The van der Waals surface area contributed by atoms with Crippen LogP contribution in [-0.4, -0.2) is 51.4 Å². The van der Waals surface area contributed by atoms with Crippen molar-refractivity contribution >= 4 is 39.1 Å². The lowest BCUT2D eigenvalue weighted by molar-refractivity contribution is -0.139. The molecule has 0 spiro atoms. The Bertz CT molecular complexity index is 1330. The minimum absolute atomic E-state index is 0.0357. The summed E-state index contributed by atoms with van der Waals surface area (Å²) in [6, 6.07) is 20.4. The normalized spacial score (nSPS) is 11.9. The molecule has 3 rings (SSSR count). The van der Waals surface area contributed by atoms with Gasteiger partial charge >= 0.3 is 0 Å². The number of nitrogens with one attached hydrogen (secondary N) is 1. The molecule has 38 heavy (non-hydrogen) atoms. The number of methoxy groups -OCH3 is 1. The molecule has 0 saturated heterocycles. The summed E-state index contributed by atoms with van der Waals surface area (Å²) in [5, 5.41) is 3.36. The molecule has 1 N–H and O–H groups in total. The fourth-order valence-corrected chi connectivity index (χ4v) is 5.33. The van der Waals surface area contributed by atoms with E-state index in [1.54, 1.807) is 73.7 Å². The molecular formula is C28H32ClN3O5S. The first-order valence-electron chi connectivity index (χ1n) is 12.2.